The smallest absolute Gasteiger partial charge is 0.192 e. The second kappa shape index (κ2) is 2.31. The molecule has 54 valence electrons. The molecule has 2 rings (SSSR count). The minimum atomic E-state index is 0.805. The maximum Gasteiger partial charge on any atom is 0.192 e. The van der Waals surface area contributed by atoms with Crippen LogP contribution in [0.3, 0.4) is 0 Å². The summed E-state index contributed by atoms with van der Waals surface area (Å²) in [6, 6.07) is 0. The van der Waals surface area contributed by atoms with Crippen LogP contribution in [0.1, 0.15) is 18.1 Å². The Morgan fingerprint density at radius 1 is 1.60 bits per heavy atom. The molecule has 0 N–H and O–H groups in total. The lowest BCUT2D eigenvalue weighted by atomic mass is 10.3. The Morgan fingerprint density at radius 3 is 3.30 bits per heavy atom. The molecule has 0 bridgehead atoms. The van der Waals surface area contributed by atoms with Gasteiger partial charge in [0.15, 0.2) is 5.89 Å². The number of hydrogen-bond donors (Lipinski definition) is 0. The summed E-state index contributed by atoms with van der Waals surface area (Å²) in [6.45, 7) is 1.90. The van der Waals surface area contributed by atoms with Gasteiger partial charge in [0, 0.05) is 19.1 Å². The molecular weight excluding hydrogens is 146 g/mol. The van der Waals surface area contributed by atoms with E-state index in [1.807, 2.05) is 6.92 Å². The molecule has 1 aromatic heterocycles. The number of rotatable bonds is 0. The molecule has 1 aromatic rings. The topological polar surface area (TPSA) is 26.0 Å². The molecule has 0 spiro atoms. The number of nitrogens with zero attached hydrogens (tertiary/aromatic N) is 1. The molecule has 0 unspecified atom stereocenters. The average Bonchev–Trinajstić information content (AvgIpc) is 2.27. The van der Waals surface area contributed by atoms with Crippen LogP contribution in [0.15, 0.2) is 9.44 Å². The van der Waals surface area contributed by atoms with E-state index in [-0.39, 0.29) is 0 Å². The van der Waals surface area contributed by atoms with Crippen molar-refractivity contribution in [1.29, 1.82) is 0 Å². The monoisotopic (exact) mass is 155 g/mol. The summed E-state index contributed by atoms with van der Waals surface area (Å²) in [4.78, 5) is 4.25. The third-order valence-corrected chi connectivity index (χ3v) is 2.64. The van der Waals surface area contributed by atoms with Crippen molar-refractivity contribution < 1.29 is 4.42 Å². The Balaban J connectivity index is 2.41. The van der Waals surface area contributed by atoms with E-state index in [4.69, 9.17) is 4.42 Å². The van der Waals surface area contributed by atoms with Gasteiger partial charge in [0.2, 0.25) is 0 Å². The molecule has 3 heteroatoms. The van der Waals surface area contributed by atoms with Crippen LogP contribution < -0.4 is 0 Å². The zero-order valence-corrected chi connectivity index (χ0v) is 6.70. The number of thioether (sulfide) groups is 1. The zero-order chi connectivity index (χ0) is 6.97. The maximum atomic E-state index is 5.37. The summed E-state index contributed by atoms with van der Waals surface area (Å²) in [5, 5.41) is 1.11. The Morgan fingerprint density at radius 2 is 2.50 bits per heavy atom. The lowest BCUT2D eigenvalue weighted by molar-refractivity contribution is 0.467. The summed E-state index contributed by atoms with van der Waals surface area (Å²) in [6.07, 6.45) is 2.30. The summed E-state index contributed by atoms with van der Waals surface area (Å²) in [5.41, 5.74) is 0. The van der Waals surface area contributed by atoms with E-state index in [1.54, 1.807) is 11.8 Å². The summed E-state index contributed by atoms with van der Waals surface area (Å²) in [7, 11) is 0. The molecule has 2 nitrogen and oxygen atoms in total. The highest BCUT2D eigenvalue weighted by atomic mass is 32.2. The Bertz CT molecular complexity index is 220. The molecule has 0 radical (unpaired) electrons. The molecule has 1 aliphatic heterocycles. The normalized spacial score (nSPS) is 16.9. The lowest BCUT2D eigenvalue weighted by Gasteiger charge is -2.04. The summed E-state index contributed by atoms with van der Waals surface area (Å²) >= 11 is 1.80. The predicted octanol–water partition coefficient (Wildman–Crippen LogP) is 2.02. The van der Waals surface area contributed by atoms with E-state index in [0.29, 0.717) is 0 Å². The first-order valence-electron chi connectivity index (χ1n) is 3.45. The minimum absolute atomic E-state index is 0.805. The van der Waals surface area contributed by atoms with Gasteiger partial charge < -0.3 is 4.42 Å². The SMILES string of the molecule is Cc1nc2c(o1)CCCS2. The van der Waals surface area contributed by atoms with Crippen LogP contribution in [0.2, 0.25) is 0 Å². The van der Waals surface area contributed by atoms with Crippen molar-refractivity contribution in [2.75, 3.05) is 5.75 Å². The first-order valence-corrected chi connectivity index (χ1v) is 4.44. The quantitative estimate of drug-likeness (QED) is 0.573. The standard InChI is InChI=1S/C7H9NOS/c1-5-8-7-6(9-5)3-2-4-10-7/h2-4H2,1H3. The van der Waals surface area contributed by atoms with Crippen molar-refractivity contribution in [1.82, 2.24) is 4.98 Å². The van der Waals surface area contributed by atoms with Crippen LogP contribution in [0.5, 0.6) is 0 Å². The van der Waals surface area contributed by atoms with Crippen LogP contribution in [0, 0.1) is 6.92 Å². The molecular formula is C7H9NOS. The van der Waals surface area contributed by atoms with E-state index in [2.05, 4.69) is 4.98 Å². The van der Waals surface area contributed by atoms with Gasteiger partial charge in [0.25, 0.3) is 0 Å². The van der Waals surface area contributed by atoms with Crippen molar-refractivity contribution in [3.8, 4) is 0 Å². The van der Waals surface area contributed by atoms with Crippen molar-refractivity contribution in [3.63, 3.8) is 0 Å². The average molecular weight is 155 g/mol. The molecule has 0 aliphatic carbocycles. The van der Waals surface area contributed by atoms with Gasteiger partial charge in [-0.2, -0.15) is 0 Å². The molecule has 2 heterocycles. The van der Waals surface area contributed by atoms with Gasteiger partial charge in [0.1, 0.15) is 10.8 Å². The molecule has 0 fully saturated rings. The predicted molar refractivity (Wildman–Crippen MR) is 40.3 cm³/mol. The number of fused-ring (bicyclic) bond motifs is 1. The van der Waals surface area contributed by atoms with Gasteiger partial charge >= 0.3 is 0 Å². The summed E-state index contributed by atoms with van der Waals surface area (Å²) < 4.78 is 5.37. The van der Waals surface area contributed by atoms with Gasteiger partial charge in [-0.15, -0.1) is 11.8 Å². The molecule has 0 saturated carbocycles. The third kappa shape index (κ3) is 0.944. The molecule has 1 aliphatic rings. The first kappa shape index (κ1) is 6.28. The van der Waals surface area contributed by atoms with Gasteiger partial charge in [-0.05, 0) is 6.42 Å². The van der Waals surface area contributed by atoms with E-state index in [1.165, 1.54) is 12.2 Å². The molecule has 0 amide bonds. The van der Waals surface area contributed by atoms with Crippen molar-refractivity contribution >= 4 is 11.8 Å². The minimum Gasteiger partial charge on any atom is -0.445 e. The Kier molecular flexibility index (Phi) is 1.45. The first-order chi connectivity index (χ1) is 4.86. The molecule has 0 aromatic carbocycles. The van der Waals surface area contributed by atoms with Crippen LogP contribution in [0.4, 0.5) is 0 Å². The molecule has 0 atom stereocenters. The largest absolute Gasteiger partial charge is 0.445 e. The fourth-order valence-corrected chi connectivity index (χ4v) is 2.10. The Hall–Kier alpha value is -0.440. The molecule has 10 heavy (non-hydrogen) atoms. The molecule has 0 saturated heterocycles. The Labute approximate surface area is 64.0 Å². The highest BCUT2D eigenvalue weighted by Crippen LogP contribution is 2.29. The van der Waals surface area contributed by atoms with Crippen molar-refractivity contribution in [2.45, 2.75) is 24.8 Å². The zero-order valence-electron chi connectivity index (χ0n) is 5.89. The second-order valence-corrected chi connectivity index (χ2v) is 3.50. The van der Waals surface area contributed by atoms with Gasteiger partial charge in [-0.3, -0.25) is 0 Å². The van der Waals surface area contributed by atoms with Crippen LogP contribution in [-0.4, -0.2) is 10.7 Å². The van der Waals surface area contributed by atoms with Crippen LogP contribution >= 0.6 is 11.8 Å². The van der Waals surface area contributed by atoms with Crippen molar-refractivity contribution in [2.24, 2.45) is 0 Å². The maximum absolute atomic E-state index is 5.37. The lowest BCUT2D eigenvalue weighted by Crippen LogP contribution is -1.94. The van der Waals surface area contributed by atoms with Gasteiger partial charge in [-0.25, -0.2) is 4.98 Å². The second-order valence-electron chi connectivity index (χ2n) is 2.41. The van der Waals surface area contributed by atoms with Crippen LogP contribution in [-0.2, 0) is 6.42 Å². The van der Waals surface area contributed by atoms with E-state index in [0.717, 1.165) is 23.1 Å². The third-order valence-electron chi connectivity index (χ3n) is 1.56. The van der Waals surface area contributed by atoms with Crippen LogP contribution in [0.25, 0.3) is 0 Å². The number of oxazole rings is 1. The van der Waals surface area contributed by atoms with Gasteiger partial charge in [-0.1, -0.05) is 0 Å². The highest BCUT2D eigenvalue weighted by molar-refractivity contribution is 7.99. The van der Waals surface area contributed by atoms with Crippen molar-refractivity contribution in [3.05, 3.63) is 11.7 Å². The van der Waals surface area contributed by atoms with E-state index < -0.39 is 0 Å². The summed E-state index contributed by atoms with van der Waals surface area (Å²) in [5.74, 6) is 3.09. The fourth-order valence-electron chi connectivity index (χ4n) is 1.12. The number of aryl methyl sites for hydroxylation is 2. The highest BCUT2D eigenvalue weighted by Gasteiger charge is 2.15. The number of aromatic nitrogens is 1. The van der Waals surface area contributed by atoms with E-state index in [9.17, 15) is 0 Å². The number of hydrogen-bond acceptors (Lipinski definition) is 3. The van der Waals surface area contributed by atoms with Gasteiger partial charge in [0.05, 0.1) is 0 Å². The fraction of sp³-hybridized carbons (Fsp3) is 0.571. The van der Waals surface area contributed by atoms with E-state index >= 15 is 0 Å².